The van der Waals surface area contributed by atoms with E-state index >= 15 is 0 Å². The molecule has 2 aromatic rings. The lowest BCUT2D eigenvalue weighted by Crippen LogP contribution is -2.56. The number of carbonyl (C=O) groups is 1. The molecule has 0 saturated heterocycles. The van der Waals surface area contributed by atoms with Gasteiger partial charge in [-0.1, -0.05) is 6.07 Å². The van der Waals surface area contributed by atoms with Crippen LogP contribution in [0.2, 0.25) is 0 Å². The maximum absolute atomic E-state index is 13.1. The minimum atomic E-state index is -3.66. The number of nitrogens with one attached hydrogen (secondary N) is 1. The maximum atomic E-state index is 13.1. The summed E-state index contributed by atoms with van der Waals surface area (Å²) in [5, 5.41) is 2.06. The third-order valence-electron chi connectivity index (χ3n) is 5.93. The van der Waals surface area contributed by atoms with E-state index in [0.29, 0.717) is 30.8 Å². The molecule has 1 aromatic carbocycles. The number of rotatable bonds is 3. The van der Waals surface area contributed by atoms with Gasteiger partial charge >= 0.3 is 0 Å². The summed E-state index contributed by atoms with van der Waals surface area (Å²) in [4.78, 5) is 25.2. The van der Waals surface area contributed by atoms with Gasteiger partial charge in [0.1, 0.15) is 16.5 Å². The van der Waals surface area contributed by atoms with Crippen LogP contribution in [-0.2, 0) is 22.0 Å². The number of aromatic nitrogens is 2. The first kappa shape index (κ1) is 21.0. The first-order valence-corrected chi connectivity index (χ1v) is 11.3. The van der Waals surface area contributed by atoms with E-state index in [-0.39, 0.29) is 11.7 Å². The molecule has 2 aliphatic rings. The molecule has 0 spiro atoms. The number of sulfonamides is 1. The molecule has 3 N–H and O–H groups in total. The predicted octanol–water partition coefficient (Wildman–Crippen LogP) is 1.25. The molecule has 0 bridgehead atoms. The van der Waals surface area contributed by atoms with Gasteiger partial charge in [0.15, 0.2) is 0 Å². The second-order valence-corrected chi connectivity index (χ2v) is 9.93. The molecule has 0 saturated carbocycles. The molecule has 1 aliphatic carbocycles. The maximum Gasteiger partial charge on any atom is 0.275 e. The number of nitrogens with zero attached hydrogens (tertiary/aromatic N) is 4. The summed E-state index contributed by atoms with van der Waals surface area (Å²) in [5.74, 6) is -0.182. The largest absolute Gasteiger partial charge is 0.480 e. The fourth-order valence-corrected chi connectivity index (χ4v) is 6.12. The lowest BCUT2D eigenvalue weighted by Gasteiger charge is -2.41. The van der Waals surface area contributed by atoms with Crippen molar-refractivity contribution in [1.29, 1.82) is 0 Å². The highest BCUT2D eigenvalue weighted by Crippen LogP contribution is 2.44. The number of aliphatic imine (C=N–C) groups is 1. The minimum absolute atomic E-state index is 0.0467. The van der Waals surface area contributed by atoms with Gasteiger partial charge < -0.3 is 15.8 Å². The molecule has 11 heteroatoms. The number of amides is 1. The Labute approximate surface area is 180 Å². The second kappa shape index (κ2) is 7.49. The Hall–Kier alpha value is -3.21. The van der Waals surface area contributed by atoms with Gasteiger partial charge in [0.2, 0.25) is 21.9 Å². The summed E-state index contributed by atoms with van der Waals surface area (Å²) >= 11 is 0. The number of fused-ring (bicyclic) bond motifs is 3. The van der Waals surface area contributed by atoms with E-state index in [1.54, 1.807) is 19.1 Å². The molecule has 31 heavy (non-hydrogen) atoms. The van der Waals surface area contributed by atoms with Crippen molar-refractivity contribution < 1.29 is 17.9 Å². The Balaban J connectivity index is 1.72. The van der Waals surface area contributed by atoms with E-state index in [4.69, 9.17) is 10.5 Å². The molecular formula is C20H24N6O4S. The zero-order valence-corrected chi connectivity index (χ0v) is 18.3. The standard InChI is InChI=1S/C20H24N6O4S/c1-20-14-9-13(24-18(27)15-10-23-17(30-3)11-22-15)8-7-12(14)5-4-6-16(20)31(28,29)26(2)19(21)25-20/h7-11,16H,4-6H2,1-3H3,(H2,21,25)(H,24,27)/t16-,20+/m0/s1. The molecule has 4 rings (SSSR count). The lowest BCUT2D eigenvalue weighted by atomic mass is 9.86. The van der Waals surface area contributed by atoms with E-state index in [1.165, 1.54) is 26.6 Å². The zero-order valence-electron chi connectivity index (χ0n) is 17.5. The van der Waals surface area contributed by atoms with Crippen LogP contribution in [0.5, 0.6) is 5.88 Å². The fourth-order valence-electron chi connectivity index (χ4n) is 4.21. The number of methoxy groups -OCH3 is 1. The smallest absolute Gasteiger partial charge is 0.275 e. The van der Waals surface area contributed by atoms with Crippen molar-refractivity contribution >= 4 is 27.6 Å². The van der Waals surface area contributed by atoms with Gasteiger partial charge in [-0.05, 0) is 49.4 Å². The van der Waals surface area contributed by atoms with Crippen LogP contribution >= 0.6 is 0 Å². The number of guanidine groups is 1. The Kier molecular flexibility index (Phi) is 5.08. The Bertz CT molecular complexity index is 1160. The fraction of sp³-hybridized carbons (Fsp3) is 0.400. The molecular weight excluding hydrogens is 420 g/mol. The Morgan fingerprint density at radius 2 is 2.10 bits per heavy atom. The van der Waals surface area contributed by atoms with Gasteiger partial charge in [0, 0.05) is 12.7 Å². The number of ether oxygens (including phenoxy) is 1. The SMILES string of the molecule is COc1cnc(C(=O)Nc2ccc3c(c2)[C@@]2(C)N=C(N)N(C)S(=O)(=O)[C@H]2CCC3)cn1. The molecule has 1 amide bonds. The van der Waals surface area contributed by atoms with Crippen LogP contribution in [0, 0.1) is 0 Å². The van der Waals surface area contributed by atoms with Gasteiger partial charge in [-0.3, -0.25) is 4.79 Å². The normalized spacial score (nSPS) is 24.3. The van der Waals surface area contributed by atoms with Crippen LogP contribution < -0.4 is 15.8 Å². The summed E-state index contributed by atoms with van der Waals surface area (Å²) in [7, 11) is -0.775. The predicted molar refractivity (Wildman–Crippen MR) is 115 cm³/mol. The molecule has 10 nitrogen and oxygen atoms in total. The third-order valence-corrected chi connectivity index (χ3v) is 8.30. The van der Waals surface area contributed by atoms with Gasteiger partial charge in [-0.15, -0.1) is 0 Å². The van der Waals surface area contributed by atoms with Crippen LogP contribution in [0.25, 0.3) is 0 Å². The number of nitrogens with two attached hydrogens (primary N) is 1. The number of anilines is 1. The molecule has 164 valence electrons. The van der Waals surface area contributed by atoms with Crippen LogP contribution in [0.4, 0.5) is 5.69 Å². The van der Waals surface area contributed by atoms with Gasteiger partial charge in [0.25, 0.3) is 5.91 Å². The van der Waals surface area contributed by atoms with Crippen molar-refractivity contribution in [3.05, 3.63) is 47.4 Å². The summed E-state index contributed by atoms with van der Waals surface area (Å²) in [5.41, 5.74) is 7.29. The van der Waals surface area contributed by atoms with E-state index in [0.717, 1.165) is 15.4 Å². The van der Waals surface area contributed by atoms with Crippen molar-refractivity contribution in [2.45, 2.75) is 37.0 Å². The Morgan fingerprint density at radius 3 is 2.77 bits per heavy atom. The second-order valence-electron chi connectivity index (χ2n) is 7.78. The Morgan fingerprint density at radius 1 is 1.32 bits per heavy atom. The van der Waals surface area contributed by atoms with Crippen LogP contribution in [0.1, 0.15) is 41.4 Å². The van der Waals surface area contributed by atoms with Gasteiger partial charge in [-0.2, -0.15) is 0 Å². The van der Waals surface area contributed by atoms with Crippen LogP contribution in [0.3, 0.4) is 0 Å². The van der Waals surface area contributed by atoms with Crippen molar-refractivity contribution in [2.24, 2.45) is 10.7 Å². The minimum Gasteiger partial charge on any atom is -0.480 e. The number of hydrogen-bond acceptors (Lipinski definition) is 8. The molecule has 0 radical (unpaired) electrons. The lowest BCUT2D eigenvalue weighted by molar-refractivity contribution is 0.102. The third kappa shape index (κ3) is 3.48. The summed E-state index contributed by atoms with van der Waals surface area (Å²) < 4.78 is 32.2. The van der Waals surface area contributed by atoms with Crippen molar-refractivity contribution in [1.82, 2.24) is 14.3 Å². The number of benzene rings is 1. The van der Waals surface area contributed by atoms with Gasteiger partial charge in [0.05, 0.1) is 19.5 Å². The summed E-state index contributed by atoms with van der Waals surface area (Å²) in [6.45, 7) is 1.79. The molecule has 2 atom stereocenters. The van der Waals surface area contributed by atoms with E-state index in [1.807, 2.05) is 6.07 Å². The van der Waals surface area contributed by atoms with Gasteiger partial charge in [-0.25, -0.2) is 27.7 Å². The number of carbonyl (C=O) groups excluding carboxylic acids is 1. The van der Waals surface area contributed by atoms with Crippen molar-refractivity contribution in [3.63, 3.8) is 0 Å². The summed E-state index contributed by atoms with van der Waals surface area (Å²) in [6, 6.07) is 5.46. The van der Waals surface area contributed by atoms with E-state index in [9.17, 15) is 13.2 Å². The average Bonchev–Trinajstić information content (AvgIpc) is 2.89. The molecule has 1 aliphatic heterocycles. The zero-order chi connectivity index (χ0) is 22.4. The quantitative estimate of drug-likeness (QED) is 0.726. The average molecular weight is 445 g/mol. The van der Waals surface area contributed by atoms with Crippen molar-refractivity contribution in [2.75, 3.05) is 19.5 Å². The molecule has 2 heterocycles. The molecule has 0 fully saturated rings. The monoisotopic (exact) mass is 444 g/mol. The highest BCUT2D eigenvalue weighted by atomic mass is 32.2. The topological polar surface area (TPSA) is 140 Å². The van der Waals surface area contributed by atoms with Crippen LogP contribution in [0.15, 0.2) is 35.6 Å². The first-order chi connectivity index (χ1) is 14.7. The number of aryl methyl sites for hydroxylation is 1. The first-order valence-electron chi connectivity index (χ1n) is 9.80. The number of hydrogen-bond donors (Lipinski definition) is 2. The molecule has 0 unspecified atom stereocenters. The van der Waals surface area contributed by atoms with E-state index < -0.39 is 26.7 Å². The van der Waals surface area contributed by atoms with Crippen molar-refractivity contribution in [3.8, 4) is 5.88 Å². The summed E-state index contributed by atoms with van der Waals surface area (Å²) in [6.07, 6.45) is 4.58. The highest BCUT2D eigenvalue weighted by molar-refractivity contribution is 7.90. The van der Waals surface area contributed by atoms with Crippen LogP contribution in [-0.4, -0.2) is 54.0 Å². The highest BCUT2D eigenvalue weighted by Gasteiger charge is 2.51. The van der Waals surface area contributed by atoms with E-state index in [2.05, 4.69) is 20.3 Å². The molecule has 1 aromatic heterocycles.